The Hall–Kier alpha value is -1.47. The van der Waals surface area contributed by atoms with Gasteiger partial charge in [-0.05, 0) is 28.9 Å². The number of hydrogen-bond donors (Lipinski definition) is 0. The van der Waals surface area contributed by atoms with E-state index >= 15 is 0 Å². The van der Waals surface area contributed by atoms with Crippen LogP contribution in [0.2, 0.25) is 0 Å². The molecule has 0 N–H and O–H groups in total. The first kappa shape index (κ1) is 12.6. The predicted molar refractivity (Wildman–Crippen MR) is 72.9 cm³/mol. The average Bonchev–Trinajstić information content (AvgIpc) is 2.94. The summed E-state index contributed by atoms with van der Waals surface area (Å²) in [5.41, 5.74) is 1.52. The maximum atomic E-state index is 5.93. The van der Waals surface area contributed by atoms with Gasteiger partial charge in [-0.25, -0.2) is 9.97 Å². The molecule has 0 aliphatic rings. The quantitative estimate of drug-likeness (QED) is 0.684. The Morgan fingerprint density at radius 3 is 2.95 bits per heavy atom. The minimum absolute atomic E-state index is 0.293. The third-order valence-corrected chi connectivity index (χ3v) is 3.29. The molecular formula is C11H9BrClN5O. The van der Waals surface area contributed by atoms with Crippen LogP contribution in [0.15, 0.2) is 21.3 Å². The molecule has 0 fully saturated rings. The monoisotopic (exact) mass is 341 g/mol. The lowest BCUT2D eigenvalue weighted by Crippen LogP contribution is -2.05. The van der Waals surface area contributed by atoms with E-state index in [2.05, 4.69) is 36.0 Å². The average molecular weight is 343 g/mol. The highest BCUT2D eigenvalue weighted by Gasteiger charge is 2.14. The number of hydrogen-bond acceptors (Lipinski definition) is 5. The molecule has 3 aromatic heterocycles. The number of alkyl halides is 1. The molecule has 0 saturated heterocycles. The summed E-state index contributed by atoms with van der Waals surface area (Å²) in [6.07, 6.45) is 1.72. The Balaban J connectivity index is 2.10. The zero-order chi connectivity index (χ0) is 13.4. The van der Waals surface area contributed by atoms with E-state index in [4.69, 9.17) is 16.1 Å². The van der Waals surface area contributed by atoms with E-state index in [1.165, 1.54) is 0 Å². The van der Waals surface area contributed by atoms with Gasteiger partial charge in [0.05, 0.1) is 5.88 Å². The van der Waals surface area contributed by atoms with E-state index in [1.54, 1.807) is 13.1 Å². The maximum Gasteiger partial charge on any atom is 0.246 e. The fourth-order valence-electron chi connectivity index (χ4n) is 1.84. The van der Waals surface area contributed by atoms with Gasteiger partial charge >= 0.3 is 0 Å². The van der Waals surface area contributed by atoms with Crippen molar-refractivity contribution in [3.8, 4) is 0 Å². The highest BCUT2D eigenvalue weighted by Crippen LogP contribution is 2.20. The molecule has 0 radical (unpaired) electrons. The summed E-state index contributed by atoms with van der Waals surface area (Å²) in [5, 5.41) is 3.77. The van der Waals surface area contributed by atoms with Crippen LogP contribution in [-0.2, 0) is 12.4 Å². The van der Waals surface area contributed by atoms with Crippen LogP contribution in [0.1, 0.15) is 17.5 Å². The van der Waals surface area contributed by atoms with Crippen molar-refractivity contribution in [1.29, 1.82) is 0 Å². The number of aromatic nitrogens is 5. The Bertz CT molecular complexity index is 738. The molecule has 0 amide bonds. The molecule has 8 heteroatoms. The fourth-order valence-corrected chi connectivity index (χ4v) is 2.36. The molecule has 0 atom stereocenters. The normalized spacial score (nSPS) is 11.3. The zero-order valence-electron chi connectivity index (χ0n) is 9.97. The molecule has 0 aromatic carbocycles. The lowest BCUT2D eigenvalue weighted by Gasteiger charge is -2.02. The van der Waals surface area contributed by atoms with Crippen LogP contribution in [0.3, 0.4) is 0 Å². The minimum atomic E-state index is 0.293. The maximum absolute atomic E-state index is 5.93. The molecule has 0 bridgehead atoms. The second-order valence-electron chi connectivity index (χ2n) is 3.98. The number of fused-ring (bicyclic) bond motifs is 1. The van der Waals surface area contributed by atoms with Crippen LogP contribution in [0.25, 0.3) is 11.2 Å². The number of pyridine rings is 1. The Labute approximate surface area is 121 Å². The van der Waals surface area contributed by atoms with E-state index in [9.17, 15) is 0 Å². The first-order chi connectivity index (χ1) is 9.17. The lowest BCUT2D eigenvalue weighted by atomic mass is 10.4. The van der Waals surface area contributed by atoms with Crippen LogP contribution in [0.4, 0.5) is 0 Å². The molecule has 0 aliphatic carbocycles. The van der Waals surface area contributed by atoms with Crippen molar-refractivity contribution in [1.82, 2.24) is 24.7 Å². The minimum Gasteiger partial charge on any atom is -0.337 e. The molecule has 0 aliphatic heterocycles. The highest BCUT2D eigenvalue weighted by molar-refractivity contribution is 9.10. The van der Waals surface area contributed by atoms with Crippen LogP contribution in [0.5, 0.6) is 0 Å². The van der Waals surface area contributed by atoms with Gasteiger partial charge in [-0.15, -0.1) is 11.6 Å². The van der Waals surface area contributed by atoms with Gasteiger partial charge in [0.15, 0.2) is 11.5 Å². The molecule has 98 valence electrons. The van der Waals surface area contributed by atoms with Gasteiger partial charge in [0.25, 0.3) is 0 Å². The Kier molecular flexibility index (Phi) is 3.24. The number of rotatable bonds is 3. The van der Waals surface area contributed by atoms with Crippen molar-refractivity contribution in [2.75, 3.05) is 0 Å². The van der Waals surface area contributed by atoms with Crippen LogP contribution in [0, 0.1) is 6.92 Å². The summed E-state index contributed by atoms with van der Waals surface area (Å²) in [6, 6.07) is 1.90. The van der Waals surface area contributed by atoms with Crippen molar-refractivity contribution in [3.05, 3.63) is 34.3 Å². The van der Waals surface area contributed by atoms with Crippen LogP contribution in [-0.4, -0.2) is 24.7 Å². The number of halogens is 2. The summed E-state index contributed by atoms with van der Waals surface area (Å²) in [6.45, 7) is 2.19. The van der Waals surface area contributed by atoms with Gasteiger partial charge in [0.2, 0.25) is 5.89 Å². The summed E-state index contributed by atoms with van der Waals surface area (Å²) in [7, 11) is 0. The predicted octanol–water partition coefficient (Wildman–Crippen LogP) is 2.67. The fraction of sp³-hybridized carbons (Fsp3) is 0.273. The van der Waals surface area contributed by atoms with Crippen LogP contribution >= 0.6 is 27.5 Å². The molecular weight excluding hydrogens is 334 g/mol. The molecule has 0 spiro atoms. The number of imidazole rings is 1. The first-order valence-corrected chi connectivity index (χ1v) is 6.86. The van der Waals surface area contributed by atoms with E-state index in [1.807, 2.05) is 10.6 Å². The molecule has 0 saturated carbocycles. The standard InChI is InChI=1S/C11H9BrClN5O/c1-6-15-10(19-17-6)5-18-9(3-13)16-8-2-7(12)4-14-11(8)18/h2,4H,3,5H2,1H3. The SMILES string of the molecule is Cc1noc(Cn2c(CCl)nc3cc(Br)cnc32)n1. The van der Waals surface area contributed by atoms with Crippen molar-refractivity contribution in [3.63, 3.8) is 0 Å². The third kappa shape index (κ3) is 2.35. The van der Waals surface area contributed by atoms with Gasteiger partial charge in [-0.1, -0.05) is 5.16 Å². The molecule has 19 heavy (non-hydrogen) atoms. The number of aryl methyl sites for hydroxylation is 1. The second kappa shape index (κ2) is 4.90. The van der Waals surface area contributed by atoms with Crippen molar-refractivity contribution in [2.24, 2.45) is 0 Å². The van der Waals surface area contributed by atoms with Crippen LogP contribution < -0.4 is 0 Å². The van der Waals surface area contributed by atoms with E-state index in [0.717, 1.165) is 21.5 Å². The lowest BCUT2D eigenvalue weighted by molar-refractivity contribution is 0.367. The van der Waals surface area contributed by atoms with Crippen molar-refractivity contribution >= 4 is 38.7 Å². The third-order valence-electron chi connectivity index (χ3n) is 2.61. The largest absolute Gasteiger partial charge is 0.337 e. The summed E-state index contributed by atoms with van der Waals surface area (Å²) < 4.78 is 7.87. The molecule has 6 nitrogen and oxygen atoms in total. The van der Waals surface area contributed by atoms with Gasteiger partial charge in [0.1, 0.15) is 17.9 Å². The van der Waals surface area contributed by atoms with E-state index in [0.29, 0.717) is 24.1 Å². The smallest absolute Gasteiger partial charge is 0.246 e. The van der Waals surface area contributed by atoms with E-state index in [-0.39, 0.29) is 0 Å². The highest BCUT2D eigenvalue weighted by atomic mass is 79.9. The number of nitrogens with zero attached hydrogens (tertiary/aromatic N) is 5. The topological polar surface area (TPSA) is 69.6 Å². The summed E-state index contributed by atoms with van der Waals surface area (Å²) in [4.78, 5) is 13.0. The van der Waals surface area contributed by atoms with Crippen molar-refractivity contribution in [2.45, 2.75) is 19.3 Å². The van der Waals surface area contributed by atoms with E-state index < -0.39 is 0 Å². The van der Waals surface area contributed by atoms with Gasteiger partial charge in [0, 0.05) is 10.7 Å². The van der Waals surface area contributed by atoms with Gasteiger partial charge in [-0.2, -0.15) is 4.98 Å². The molecule has 3 aromatic rings. The summed E-state index contributed by atoms with van der Waals surface area (Å²) >= 11 is 9.30. The Morgan fingerprint density at radius 2 is 2.26 bits per heavy atom. The Morgan fingerprint density at radius 1 is 1.42 bits per heavy atom. The van der Waals surface area contributed by atoms with Gasteiger partial charge < -0.3 is 9.09 Å². The second-order valence-corrected chi connectivity index (χ2v) is 5.16. The first-order valence-electron chi connectivity index (χ1n) is 5.53. The zero-order valence-corrected chi connectivity index (χ0v) is 12.3. The van der Waals surface area contributed by atoms with Gasteiger partial charge in [-0.3, -0.25) is 0 Å². The molecule has 3 rings (SSSR count). The molecule has 0 unspecified atom stereocenters. The molecule has 3 heterocycles. The summed E-state index contributed by atoms with van der Waals surface area (Å²) in [5.74, 6) is 2.12. The van der Waals surface area contributed by atoms with Crippen molar-refractivity contribution < 1.29 is 4.52 Å².